The van der Waals surface area contributed by atoms with Gasteiger partial charge in [0.05, 0.1) is 34.1 Å². The van der Waals surface area contributed by atoms with Gasteiger partial charge in [0.25, 0.3) is 5.91 Å². The molecule has 7 nitrogen and oxygen atoms in total. The fourth-order valence-corrected chi connectivity index (χ4v) is 4.34. The van der Waals surface area contributed by atoms with Gasteiger partial charge in [0, 0.05) is 31.7 Å². The molecule has 0 saturated carbocycles. The monoisotopic (exact) mass is 501 g/mol. The van der Waals surface area contributed by atoms with Gasteiger partial charge in [-0.05, 0) is 49.0 Å². The highest BCUT2D eigenvalue weighted by molar-refractivity contribution is 6.43. The Bertz CT molecular complexity index is 1200. The van der Waals surface area contributed by atoms with Crippen LogP contribution in [0.3, 0.4) is 0 Å². The Kier molecular flexibility index (Phi) is 7.46. The number of amides is 1. The number of hydrogen-bond donors (Lipinski definition) is 1. The first-order chi connectivity index (χ1) is 16.4. The van der Waals surface area contributed by atoms with E-state index >= 15 is 0 Å². The average molecular weight is 502 g/mol. The van der Waals surface area contributed by atoms with Crippen molar-refractivity contribution in [2.24, 2.45) is 0 Å². The van der Waals surface area contributed by atoms with Crippen molar-refractivity contribution in [2.45, 2.75) is 6.92 Å². The number of nitrogens with one attached hydrogen (secondary N) is 1. The van der Waals surface area contributed by atoms with E-state index in [1.807, 2.05) is 6.07 Å². The Morgan fingerprint density at radius 2 is 1.82 bits per heavy atom. The molecule has 3 aromatic rings. The van der Waals surface area contributed by atoms with Crippen molar-refractivity contribution in [1.29, 1.82) is 0 Å². The second-order valence-electron chi connectivity index (χ2n) is 7.86. The maximum absolute atomic E-state index is 13.1. The van der Waals surface area contributed by atoms with Crippen LogP contribution in [0.15, 0.2) is 52.9 Å². The second kappa shape index (κ2) is 10.5. The van der Waals surface area contributed by atoms with E-state index < -0.39 is 11.9 Å². The molecule has 1 N–H and O–H groups in total. The van der Waals surface area contributed by atoms with Crippen LogP contribution in [0, 0.1) is 0 Å². The third-order valence-corrected chi connectivity index (χ3v) is 6.69. The number of likely N-dealkylation sites (N-methyl/N-ethyl adjacent to an activating group) is 1. The first-order valence-electron chi connectivity index (χ1n) is 11.0. The van der Waals surface area contributed by atoms with Crippen LogP contribution in [0.4, 0.5) is 11.4 Å². The third-order valence-electron chi connectivity index (χ3n) is 5.87. The minimum atomic E-state index is -0.478. The summed E-state index contributed by atoms with van der Waals surface area (Å²) in [7, 11) is 1.32. The lowest BCUT2D eigenvalue weighted by Crippen LogP contribution is -2.46. The molecule has 4 rings (SSSR count). The molecule has 34 heavy (non-hydrogen) atoms. The summed E-state index contributed by atoms with van der Waals surface area (Å²) in [4.78, 5) is 29.8. The molecule has 1 saturated heterocycles. The molecule has 0 bridgehead atoms. The van der Waals surface area contributed by atoms with Gasteiger partial charge >= 0.3 is 5.97 Å². The van der Waals surface area contributed by atoms with Crippen molar-refractivity contribution in [3.8, 4) is 11.3 Å². The fourth-order valence-electron chi connectivity index (χ4n) is 3.94. The SMILES string of the molecule is CCN1CCN(c2ccc(C(=O)OC)cc2NC(=O)c2ccc(-c3cccc(Cl)c3Cl)o2)CC1. The summed E-state index contributed by atoms with van der Waals surface area (Å²) < 4.78 is 10.6. The van der Waals surface area contributed by atoms with E-state index in [4.69, 9.17) is 32.4 Å². The van der Waals surface area contributed by atoms with Crippen molar-refractivity contribution in [2.75, 3.05) is 50.1 Å². The predicted octanol–water partition coefficient (Wildman–Crippen LogP) is 5.43. The van der Waals surface area contributed by atoms with E-state index in [9.17, 15) is 9.59 Å². The summed E-state index contributed by atoms with van der Waals surface area (Å²) in [5, 5.41) is 3.65. The largest absolute Gasteiger partial charge is 0.465 e. The highest BCUT2D eigenvalue weighted by Gasteiger charge is 2.22. The topological polar surface area (TPSA) is 75.0 Å². The van der Waals surface area contributed by atoms with E-state index in [0.29, 0.717) is 32.6 Å². The van der Waals surface area contributed by atoms with E-state index in [2.05, 4.69) is 22.0 Å². The molecule has 2 aromatic carbocycles. The van der Waals surface area contributed by atoms with Crippen molar-refractivity contribution in [3.05, 3.63) is 69.9 Å². The number of anilines is 2. The first kappa shape index (κ1) is 24.1. The molecule has 9 heteroatoms. The Morgan fingerprint density at radius 1 is 1.06 bits per heavy atom. The molecule has 0 spiro atoms. The minimum Gasteiger partial charge on any atom is -0.465 e. The molecule has 0 radical (unpaired) electrons. The summed E-state index contributed by atoms with van der Waals surface area (Å²) in [6.45, 7) is 6.60. The van der Waals surface area contributed by atoms with E-state index in [1.165, 1.54) is 7.11 Å². The first-order valence-corrected chi connectivity index (χ1v) is 11.7. The van der Waals surface area contributed by atoms with Crippen molar-refractivity contribution in [1.82, 2.24) is 4.90 Å². The van der Waals surface area contributed by atoms with Gasteiger partial charge in [-0.3, -0.25) is 4.79 Å². The molecule has 1 amide bonds. The number of furan rings is 1. The van der Waals surface area contributed by atoms with Crippen molar-refractivity contribution in [3.63, 3.8) is 0 Å². The Morgan fingerprint density at radius 3 is 2.53 bits per heavy atom. The molecule has 0 unspecified atom stereocenters. The zero-order valence-electron chi connectivity index (χ0n) is 18.9. The number of hydrogen-bond acceptors (Lipinski definition) is 6. The highest BCUT2D eigenvalue weighted by atomic mass is 35.5. The zero-order chi connectivity index (χ0) is 24.2. The Balaban J connectivity index is 1.60. The van der Waals surface area contributed by atoms with Gasteiger partial charge in [0.1, 0.15) is 5.76 Å². The van der Waals surface area contributed by atoms with Gasteiger partial charge in [-0.15, -0.1) is 0 Å². The lowest BCUT2D eigenvalue weighted by atomic mass is 10.1. The van der Waals surface area contributed by atoms with Gasteiger partial charge in [-0.1, -0.05) is 36.2 Å². The maximum Gasteiger partial charge on any atom is 0.337 e. The van der Waals surface area contributed by atoms with Crippen LogP contribution >= 0.6 is 23.2 Å². The molecule has 1 aliphatic rings. The average Bonchev–Trinajstić information content (AvgIpc) is 3.35. The van der Waals surface area contributed by atoms with Crippen LogP contribution in [0.2, 0.25) is 10.0 Å². The van der Waals surface area contributed by atoms with Gasteiger partial charge < -0.3 is 24.3 Å². The number of carbonyl (C=O) groups excluding carboxylic acids is 2. The summed E-state index contributed by atoms with van der Waals surface area (Å²) in [5.41, 5.74) is 2.29. The van der Waals surface area contributed by atoms with Crippen LogP contribution in [-0.4, -0.2) is 56.6 Å². The third kappa shape index (κ3) is 5.06. The summed E-state index contributed by atoms with van der Waals surface area (Å²) in [5.74, 6) is -0.387. The van der Waals surface area contributed by atoms with Gasteiger partial charge in [0.15, 0.2) is 5.76 Å². The fraction of sp³-hybridized carbons (Fsp3) is 0.280. The molecule has 2 heterocycles. The predicted molar refractivity (Wildman–Crippen MR) is 134 cm³/mol. The van der Waals surface area contributed by atoms with Gasteiger partial charge in [-0.25, -0.2) is 4.79 Å². The number of methoxy groups -OCH3 is 1. The number of nitrogens with zero attached hydrogens (tertiary/aromatic N) is 2. The molecule has 1 aliphatic heterocycles. The maximum atomic E-state index is 13.1. The molecule has 178 valence electrons. The zero-order valence-corrected chi connectivity index (χ0v) is 20.4. The molecular formula is C25H25Cl2N3O4. The summed E-state index contributed by atoms with van der Waals surface area (Å²) in [6, 6.07) is 13.6. The lowest BCUT2D eigenvalue weighted by molar-refractivity contribution is 0.0600. The smallest absolute Gasteiger partial charge is 0.337 e. The van der Waals surface area contributed by atoms with E-state index in [0.717, 1.165) is 38.4 Å². The van der Waals surface area contributed by atoms with Gasteiger partial charge in [-0.2, -0.15) is 0 Å². The van der Waals surface area contributed by atoms with E-state index in [1.54, 1.807) is 42.5 Å². The Hall–Kier alpha value is -3.00. The number of rotatable bonds is 6. The normalized spacial score (nSPS) is 14.2. The van der Waals surface area contributed by atoms with Crippen molar-refractivity contribution >= 4 is 46.5 Å². The minimum absolute atomic E-state index is 0.108. The van der Waals surface area contributed by atoms with Crippen LogP contribution in [-0.2, 0) is 4.74 Å². The molecule has 1 fully saturated rings. The number of esters is 1. The quantitative estimate of drug-likeness (QED) is 0.453. The summed E-state index contributed by atoms with van der Waals surface area (Å²) >= 11 is 12.4. The standard InChI is InChI=1S/C25H25Cl2N3O4/c1-3-29-11-13-30(14-12-29)20-8-7-16(25(32)33-2)15-19(20)28-24(31)22-10-9-21(34-22)17-5-4-6-18(26)23(17)27/h4-10,15H,3,11-14H2,1-2H3,(H,28,31). The number of benzene rings is 2. The van der Waals surface area contributed by atoms with Crippen LogP contribution < -0.4 is 10.2 Å². The molecule has 0 aliphatic carbocycles. The van der Waals surface area contributed by atoms with Crippen LogP contribution in [0.1, 0.15) is 27.8 Å². The number of ether oxygens (including phenoxy) is 1. The number of halogens is 2. The van der Waals surface area contributed by atoms with Gasteiger partial charge in [0.2, 0.25) is 0 Å². The number of piperazine rings is 1. The summed E-state index contributed by atoms with van der Waals surface area (Å²) in [6.07, 6.45) is 0. The molecular weight excluding hydrogens is 477 g/mol. The number of carbonyl (C=O) groups is 2. The Labute approximate surface area is 208 Å². The highest BCUT2D eigenvalue weighted by Crippen LogP contribution is 2.35. The molecule has 1 aromatic heterocycles. The van der Waals surface area contributed by atoms with E-state index in [-0.39, 0.29) is 5.76 Å². The van der Waals surface area contributed by atoms with Crippen LogP contribution in [0.5, 0.6) is 0 Å². The lowest BCUT2D eigenvalue weighted by Gasteiger charge is -2.36. The van der Waals surface area contributed by atoms with Crippen LogP contribution in [0.25, 0.3) is 11.3 Å². The molecule has 0 atom stereocenters. The second-order valence-corrected chi connectivity index (χ2v) is 8.65. The van der Waals surface area contributed by atoms with Crippen molar-refractivity contribution < 1.29 is 18.7 Å².